The molecule has 0 fully saturated rings. The molecule has 0 aliphatic heterocycles. The van der Waals surface area contributed by atoms with E-state index in [-0.39, 0.29) is 5.56 Å². The van der Waals surface area contributed by atoms with Crippen molar-refractivity contribution in [3.05, 3.63) is 46.5 Å². The zero-order valence-electron chi connectivity index (χ0n) is 10.2. The minimum atomic E-state index is -1.31. The Labute approximate surface area is 114 Å². The molecule has 1 rings (SSSR count). The highest BCUT2D eigenvalue weighted by atomic mass is 32.2. The summed E-state index contributed by atoms with van der Waals surface area (Å²) in [5, 5.41) is 22.6. The van der Waals surface area contributed by atoms with Crippen LogP contribution < -0.4 is 5.32 Å². The highest BCUT2D eigenvalue weighted by Crippen LogP contribution is 2.23. The third kappa shape index (κ3) is 4.63. The van der Waals surface area contributed by atoms with E-state index in [2.05, 4.69) is 11.9 Å². The van der Waals surface area contributed by atoms with Gasteiger partial charge in [0.1, 0.15) is 5.56 Å². The maximum absolute atomic E-state index is 10.8. The van der Waals surface area contributed by atoms with Crippen molar-refractivity contribution >= 4 is 29.1 Å². The first-order chi connectivity index (χ1) is 9.06. The number of hydrogen-bond acceptors (Lipinski definition) is 5. The third-order valence-electron chi connectivity index (χ3n) is 2.24. The molecule has 0 atom stereocenters. The number of nitrogens with one attached hydrogen (secondary N) is 1. The lowest BCUT2D eigenvalue weighted by molar-refractivity contribution is -0.385. The first kappa shape index (κ1) is 15.0. The van der Waals surface area contributed by atoms with E-state index < -0.39 is 16.6 Å². The first-order valence-electron chi connectivity index (χ1n) is 5.50. The van der Waals surface area contributed by atoms with Crippen molar-refractivity contribution in [1.29, 1.82) is 0 Å². The summed E-state index contributed by atoms with van der Waals surface area (Å²) in [4.78, 5) is 20.9. The Balaban J connectivity index is 2.70. The normalized spacial score (nSPS) is 9.89. The van der Waals surface area contributed by atoms with Gasteiger partial charge in [0, 0.05) is 29.8 Å². The Morgan fingerprint density at radius 2 is 2.32 bits per heavy atom. The molecule has 0 amide bonds. The predicted molar refractivity (Wildman–Crippen MR) is 76.1 cm³/mol. The molecule has 0 saturated heterocycles. The molecule has 102 valence electrons. The quantitative estimate of drug-likeness (QED) is 0.329. The van der Waals surface area contributed by atoms with Gasteiger partial charge in [0.15, 0.2) is 0 Å². The van der Waals surface area contributed by atoms with Crippen LogP contribution in [0.25, 0.3) is 0 Å². The summed E-state index contributed by atoms with van der Waals surface area (Å²) < 4.78 is 0. The Hall–Kier alpha value is -2.02. The Morgan fingerprint density at radius 3 is 2.89 bits per heavy atom. The Kier molecular flexibility index (Phi) is 5.87. The van der Waals surface area contributed by atoms with Crippen molar-refractivity contribution < 1.29 is 14.8 Å². The zero-order chi connectivity index (χ0) is 14.3. The number of nitro groups is 1. The number of anilines is 1. The lowest BCUT2D eigenvalue weighted by Gasteiger charge is -2.06. The van der Waals surface area contributed by atoms with Crippen molar-refractivity contribution in [2.24, 2.45) is 0 Å². The van der Waals surface area contributed by atoms with Crippen LogP contribution in [0.1, 0.15) is 10.4 Å². The molecule has 0 aliphatic carbocycles. The van der Waals surface area contributed by atoms with Gasteiger partial charge in [-0.3, -0.25) is 10.1 Å². The monoisotopic (exact) mass is 282 g/mol. The van der Waals surface area contributed by atoms with E-state index in [9.17, 15) is 14.9 Å². The number of carboxylic acid groups (broad SMARTS) is 1. The smallest absolute Gasteiger partial charge is 0.342 e. The summed E-state index contributed by atoms with van der Waals surface area (Å²) in [6, 6.07) is 4.00. The summed E-state index contributed by atoms with van der Waals surface area (Å²) in [5.41, 5.74) is -0.177. The van der Waals surface area contributed by atoms with Gasteiger partial charge in [-0.1, -0.05) is 6.08 Å². The molecule has 0 spiro atoms. The Bertz CT molecular complexity index is 491. The second-order valence-corrected chi connectivity index (χ2v) is 4.73. The molecule has 1 aromatic carbocycles. The molecule has 0 saturated carbocycles. The van der Waals surface area contributed by atoms with Gasteiger partial charge in [0.2, 0.25) is 0 Å². The number of hydrogen-bond donors (Lipinski definition) is 2. The SMILES string of the molecule is C=CCSCCNc1ccc(C(=O)O)c([N+](=O)[O-])c1. The average Bonchev–Trinajstić information content (AvgIpc) is 2.38. The van der Waals surface area contributed by atoms with Crippen LogP contribution in [0.15, 0.2) is 30.9 Å². The number of rotatable bonds is 8. The summed E-state index contributed by atoms with van der Waals surface area (Å²) in [7, 11) is 0. The van der Waals surface area contributed by atoms with E-state index in [0.29, 0.717) is 12.2 Å². The number of thioether (sulfide) groups is 1. The molecule has 7 heteroatoms. The van der Waals surface area contributed by atoms with Crippen LogP contribution >= 0.6 is 11.8 Å². The van der Waals surface area contributed by atoms with Crippen LogP contribution in [0.5, 0.6) is 0 Å². The average molecular weight is 282 g/mol. The van der Waals surface area contributed by atoms with E-state index in [1.54, 1.807) is 17.8 Å². The largest absolute Gasteiger partial charge is 0.477 e. The molecular formula is C12H14N2O4S. The molecule has 0 aromatic heterocycles. The first-order valence-corrected chi connectivity index (χ1v) is 6.66. The number of carboxylic acids is 1. The van der Waals surface area contributed by atoms with Gasteiger partial charge < -0.3 is 10.4 Å². The van der Waals surface area contributed by atoms with Crippen molar-refractivity contribution in [1.82, 2.24) is 0 Å². The molecule has 0 bridgehead atoms. The van der Waals surface area contributed by atoms with Crippen LogP contribution in [-0.4, -0.2) is 34.0 Å². The summed E-state index contributed by atoms with van der Waals surface area (Å²) in [5.74, 6) is 0.375. The molecule has 0 unspecified atom stereocenters. The molecular weight excluding hydrogens is 268 g/mol. The van der Waals surface area contributed by atoms with Gasteiger partial charge in [-0.2, -0.15) is 11.8 Å². The number of aromatic carboxylic acids is 1. The number of benzene rings is 1. The van der Waals surface area contributed by atoms with E-state index >= 15 is 0 Å². The number of carbonyl (C=O) groups is 1. The Morgan fingerprint density at radius 1 is 1.58 bits per heavy atom. The number of nitrogens with zero attached hydrogens (tertiary/aromatic N) is 1. The molecule has 6 nitrogen and oxygen atoms in total. The van der Waals surface area contributed by atoms with Crippen molar-refractivity contribution in [3.63, 3.8) is 0 Å². The second kappa shape index (κ2) is 7.42. The van der Waals surface area contributed by atoms with Crippen LogP contribution in [-0.2, 0) is 0 Å². The fourth-order valence-corrected chi connectivity index (χ4v) is 1.99. The van der Waals surface area contributed by atoms with E-state index in [4.69, 9.17) is 5.11 Å². The van der Waals surface area contributed by atoms with Crippen molar-refractivity contribution in [2.75, 3.05) is 23.4 Å². The zero-order valence-corrected chi connectivity index (χ0v) is 11.0. The van der Waals surface area contributed by atoms with Gasteiger partial charge in [0.05, 0.1) is 4.92 Å². The van der Waals surface area contributed by atoms with Gasteiger partial charge in [-0.25, -0.2) is 4.79 Å². The fourth-order valence-electron chi connectivity index (χ4n) is 1.41. The maximum Gasteiger partial charge on any atom is 0.342 e. The topological polar surface area (TPSA) is 92.5 Å². The van der Waals surface area contributed by atoms with Crippen LogP contribution in [0.3, 0.4) is 0 Å². The lowest BCUT2D eigenvalue weighted by atomic mass is 10.1. The minimum Gasteiger partial charge on any atom is -0.477 e. The predicted octanol–water partition coefficient (Wildman–Crippen LogP) is 2.62. The fraction of sp³-hybridized carbons (Fsp3) is 0.250. The summed E-state index contributed by atoms with van der Waals surface area (Å²) in [6.45, 7) is 4.24. The highest BCUT2D eigenvalue weighted by molar-refractivity contribution is 7.99. The molecule has 0 radical (unpaired) electrons. The molecule has 0 heterocycles. The summed E-state index contributed by atoms with van der Waals surface area (Å²) in [6.07, 6.45) is 1.80. The van der Waals surface area contributed by atoms with Crippen LogP contribution in [0.4, 0.5) is 11.4 Å². The molecule has 19 heavy (non-hydrogen) atoms. The van der Waals surface area contributed by atoms with E-state index in [1.807, 2.05) is 0 Å². The second-order valence-electron chi connectivity index (χ2n) is 3.58. The van der Waals surface area contributed by atoms with Gasteiger partial charge in [-0.05, 0) is 12.1 Å². The third-order valence-corrected chi connectivity index (χ3v) is 3.20. The highest BCUT2D eigenvalue weighted by Gasteiger charge is 2.19. The molecule has 0 aliphatic rings. The maximum atomic E-state index is 10.8. The van der Waals surface area contributed by atoms with Crippen molar-refractivity contribution in [2.45, 2.75) is 0 Å². The molecule has 1 aromatic rings. The van der Waals surface area contributed by atoms with Crippen molar-refractivity contribution in [3.8, 4) is 0 Å². The molecule has 2 N–H and O–H groups in total. The minimum absolute atomic E-state index is 0.309. The van der Waals surface area contributed by atoms with Gasteiger partial charge in [0.25, 0.3) is 5.69 Å². The van der Waals surface area contributed by atoms with Crippen LogP contribution in [0, 0.1) is 10.1 Å². The standard InChI is InChI=1S/C12H14N2O4S/c1-2-6-19-7-5-13-9-3-4-10(12(15)16)11(8-9)14(17)18/h2-4,8,13H,1,5-7H2,(H,15,16). The summed E-state index contributed by atoms with van der Waals surface area (Å²) >= 11 is 1.68. The van der Waals surface area contributed by atoms with E-state index in [1.165, 1.54) is 18.2 Å². The number of nitro benzene ring substituents is 1. The van der Waals surface area contributed by atoms with Gasteiger partial charge in [-0.15, -0.1) is 6.58 Å². The van der Waals surface area contributed by atoms with Gasteiger partial charge >= 0.3 is 5.97 Å². The van der Waals surface area contributed by atoms with Crippen LogP contribution in [0.2, 0.25) is 0 Å². The van der Waals surface area contributed by atoms with E-state index in [0.717, 1.165) is 11.5 Å². The lowest BCUT2D eigenvalue weighted by Crippen LogP contribution is -2.07.